The minimum atomic E-state index is -0.513. The van der Waals surface area contributed by atoms with Crippen LogP contribution < -0.4 is 10.6 Å². The number of amides is 2. The average molecular weight is 334 g/mol. The van der Waals surface area contributed by atoms with E-state index in [4.69, 9.17) is 4.74 Å². The van der Waals surface area contributed by atoms with Crippen molar-refractivity contribution in [1.82, 2.24) is 5.32 Å². The lowest BCUT2D eigenvalue weighted by molar-refractivity contribution is -0.116. The van der Waals surface area contributed by atoms with E-state index in [1.165, 1.54) is 5.56 Å². The number of rotatable bonds is 5. The van der Waals surface area contributed by atoms with Gasteiger partial charge in [0.1, 0.15) is 5.60 Å². The van der Waals surface area contributed by atoms with Gasteiger partial charge in [-0.15, -0.1) is 0 Å². The van der Waals surface area contributed by atoms with E-state index in [0.717, 1.165) is 5.69 Å². The molecular formula is C19H30N2O3. The van der Waals surface area contributed by atoms with Crippen molar-refractivity contribution >= 4 is 17.7 Å². The molecule has 5 heteroatoms. The van der Waals surface area contributed by atoms with Crippen molar-refractivity contribution in [3.05, 3.63) is 29.8 Å². The van der Waals surface area contributed by atoms with Crippen molar-refractivity contribution < 1.29 is 14.3 Å². The molecule has 0 aliphatic carbocycles. The van der Waals surface area contributed by atoms with Gasteiger partial charge in [-0.3, -0.25) is 4.79 Å². The molecule has 1 aromatic rings. The Balaban J connectivity index is 2.31. The molecule has 1 aromatic carbocycles. The van der Waals surface area contributed by atoms with E-state index >= 15 is 0 Å². The zero-order chi connectivity index (χ0) is 18.4. The molecule has 0 saturated heterocycles. The van der Waals surface area contributed by atoms with E-state index < -0.39 is 11.7 Å². The highest BCUT2D eigenvalue weighted by Gasteiger charge is 2.16. The minimum absolute atomic E-state index is 0.0653. The number of benzene rings is 1. The first kappa shape index (κ1) is 20.0. The van der Waals surface area contributed by atoms with Gasteiger partial charge in [-0.1, -0.05) is 32.9 Å². The van der Waals surface area contributed by atoms with Crippen LogP contribution in [0.2, 0.25) is 0 Å². The summed E-state index contributed by atoms with van der Waals surface area (Å²) in [5, 5.41) is 5.51. The highest BCUT2D eigenvalue weighted by Crippen LogP contribution is 2.23. The molecule has 0 saturated carbocycles. The van der Waals surface area contributed by atoms with Crippen LogP contribution in [0.4, 0.5) is 10.5 Å². The van der Waals surface area contributed by atoms with Crippen LogP contribution in [0.25, 0.3) is 0 Å². The van der Waals surface area contributed by atoms with Gasteiger partial charge >= 0.3 is 6.09 Å². The summed E-state index contributed by atoms with van der Waals surface area (Å²) in [6.07, 6.45) is 0.447. The molecule has 0 heterocycles. The molecule has 0 unspecified atom stereocenters. The molecule has 1 rings (SSSR count). The van der Waals surface area contributed by atoms with Gasteiger partial charge in [0.05, 0.1) is 0 Å². The third-order valence-corrected chi connectivity index (χ3v) is 3.28. The molecule has 0 aliphatic rings. The summed E-state index contributed by atoms with van der Waals surface area (Å²) in [7, 11) is 0. The molecule has 134 valence electrons. The molecule has 0 spiro atoms. The minimum Gasteiger partial charge on any atom is -0.444 e. The van der Waals surface area contributed by atoms with Gasteiger partial charge in [0.25, 0.3) is 0 Å². The molecule has 0 aromatic heterocycles. The van der Waals surface area contributed by atoms with Crippen molar-refractivity contribution in [2.45, 2.75) is 65.4 Å². The summed E-state index contributed by atoms with van der Waals surface area (Å²) < 4.78 is 5.13. The van der Waals surface area contributed by atoms with Crippen molar-refractivity contribution in [1.29, 1.82) is 0 Å². The van der Waals surface area contributed by atoms with Gasteiger partial charge in [-0.25, -0.2) is 4.79 Å². The van der Waals surface area contributed by atoms with E-state index in [2.05, 4.69) is 31.4 Å². The Morgan fingerprint density at radius 1 is 1.00 bits per heavy atom. The van der Waals surface area contributed by atoms with Crippen LogP contribution in [-0.2, 0) is 14.9 Å². The molecule has 5 nitrogen and oxygen atoms in total. The topological polar surface area (TPSA) is 67.4 Å². The van der Waals surface area contributed by atoms with Gasteiger partial charge in [0.15, 0.2) is 0 Å². The number of alkyl carbamates (subject to hydrolysis) is 1. The third kappa shape index (κ3) is 7.99. The second kappa shape index (κ2) is 8.18. The molecule has 0 atom stereocenters. The van der Waals surface area contributed by atoms with Gasteiger partial charge in [-0.05, 0) is 50.3 Å². The Morgan fingerprint density at radius 3 is 2.08 bits per heavy atom. The standard InChI is InChI=1S/C19H30N2O3/c1-18(2,3)14-9-11-15(12-10-14)21-16(22)8-7-13-20-17(23)24-19(4,5)6/h9-12H,7-8,13H2,1-6H3,(H,20,23)(H,21,22). The third-order valence-electron chi connectivity index (χ3n) is 3.28. The molecule has 0 aliphatic heterocycles. The van der Waals surface area contributed by atoms with Gasteiger partial charge in [0, 0.05) is 18.7 Å². The maximum absolute atomic E-state index is 11.9. The van der Waals surface area contributed by atoms with E-state index in [0.29, 0.717) is 19.4 Å². The number of hydrogen-bond donors (Lipinski definition) is 2. The lowest BCUT2D eigenvalue weighted by Crippen LogP contribution is -2.33. The van der Waals surface area contributed by atoms with E-state index in [9.17, 15) is 9.59 Å². The van der Waals surface area contributed by atoms with Crippen LogP contribution in [0.15, 0.2) is 24.3 Å². The van der Waals surface area contributed by atoms with Crippen LogP contribution in [-0.4, -0.2) is 24.1 Å². The number of ether oxygens (including phenoxy) is 1. The maximum Gasteiger partial charge on any atom is 0.407 e. The molecule has 2 N–H and O–H groups in total. The fourth-order valence-electron chi connectivity index (χ4n) is 2.03. The van der Waals surface area contributed by atoms with Crippen LogP contribution in [0.5, 0.6) is 0 Å². The van der Waals surface area contributed by atoms with Crippen LogP contribution in [0, 0.1) is 0 Å². The quantitative estimate of drug-likeness (QED) is 0.792. The van der Waals surface area contributed by atoms with Gasteiger partial charge in [-0.2, -0.15) is 0 Å². The smallest absolute Gasteiger partial charge is 0.407 e. The van der Waals surface area contributed by atoms with Crippen molar-refractivity contribution in [2.75, 3.05) is 11.9 Å². The number of carbonyl (C=O) groups excluding carboxylic acids is 2. The fraction of sp³-hybridized carbons (Fsp3) is 0.579. The zero-order valence-corrected chi connectivity index (χ0v) is 15.7. The largest absolute Gasteiger partial charge is 0.444 e. The lowest BCUT2D eigenvalue weighted by atomic mass is 9.87. The fourth-order valence-corrected chi connectivity index (χ4v) is 2.03. The second-order valence-electron chi connectivity index (χ2n) is 7.91. The highest BCUT2D eigenvalue weighted by atomic mass is 16.6. The Labute approximate surface area is 145 Å². The number of hydrogen-bond acceptors (Lipinski definition) is 3. The zero-order valence-electron chi connectivity index (χ0n) is 15.7. The van der Waals surface area contributed by atoms with Gasteiger partial charge < -0.3 is 15.4 Å². The average Bonchev–Trinajstić information content (AvgIpc) is 2.41. The molecule has 0 radical (unpaired) electrons. The Kier molecular flexibility index (Phi) is 6.81. The Bertz CT molecular complexity index is 551. The lowest BCUT2D eigenvalue weighted by Gasteiger charge is -2.19. The van der Waals surface area contributed by atoms with E-state index in [1.807, 2.05) is 45.0 Å². The number of anilines is 1. The Morgan fingerprint density at radius 2 is 1.58 bits per heavy atom. The SMILES string of the molecule is CC(C)(C)OC(=O)NCCCC(=O)Nc1ccc(C(C)(C)C)cc1. The van der Waals surface area contributed by atoms with Crippen LogP contribution >= 0.6 is 0 Å². The number of nitrogens with one attached hydrogen (secondary N) is 2. The summed E-state index contributed by atoms with van der Waals surface area (Å²) >= 11 is 0. The predicted molar refractivity (Wildman–Crippen MR) is 97.2 cm³/mol. The summed E-state index contributed by atoms with van der Waals surface area (Å²) in [5.41, 5.74) is 1.59. The highest BCUT2D eigenvalue weighted by molar-refractivity contribution is 5.90. The molecule has 24 heavy (non-hydrogen) atoms. The molecule has 2 amide bonds. The van der Waals surface area contributed by atoms with Crippen molar-refractivity contribution in [3.8, 4) is 0 Å². The first-order chi connectivity index (χ1) is 11.0. The molecule has 0 fully saturated rings. The van der Waals surface area contributed by atoms with Crippen LogP contribution in [0.3, 0.4) is 0 Å². The molecule has 0 bridgehead atoms. The first-order valence-corrected chi connectivity index (χ1v) is 8.34. The van der Waals surface area contributed by atoms with Gasteiger partial charge in [0.2, 0.25) is 5.91 Å². The van der Waals surface area contributed by atoms with E-state index in [1.54, 1.807) is 0 Å². The maximum atomic E-state index is 11.9. The molecular weight excluding hydrogens is 304 g/mol. The van der Waals surface area contributed by atoms with E-state index in [-0.39, 0.29) is 11.3 Å². The summed E-state index contributed by atoms with van der Waals surface area (Å²) in [6, 6.07) is 7.88. The first-order valence-electron chi connectivity index (χ1n) is 8.34. The summed E-state index contributed by atoms with van der Waals surface area (Å²) in [4.78, 5) is 23.4. The monoisotopic (exact) mass is 334 g/mol. The summed E-state index contributed by atoms with van der Waals surface area (Å²) in [6.45, 7) is 12.3. The van der Waals surface area contributed by atoms with Crippen molar-refractivity contribution in [2.24, 2.45) is 0 Å². The second-order valence-corrected chi connectivity index (χ2v) is 7.91. The van der Waals surface area contributed by atoms with Crippen molar-refractivity contribution in [3.63, 3.8) is 0 Å². The van der Waals surface area contributed by atoms with Crippen LogP contribution in [0.1, 0.15) is 59.9 Å². The Hall–Kier alpha value is -2.04. The normalized spacial score (nSPS) is 11.8. The predicted octanol–water partition coefficient (Wildman–Crippen LogP) is 4.23. The summed E-state index contributed by atoms with van der Waals surface area (Å²) in [5.74, 6) is -0.0653. The number of carbonyl (C=O) groups is 2.